The minimum atomic E-state index is 0.560. The van der Waals surface area contributed by atoms with E-state index in [-0.39, 0.29) is 0 Å². The van der Waals surface area contributed by atoms with Gasteiger partial charge >= 0.3 is 0 Å². The molecule has 0 aliphatic carbocycles. The van der Waals surface area contributed by atoms with Gasteiger partial charge in [-0.15, -0.1) is 0 Å². The number of nitrogens with one attached hydrogen (secondary N) is 1. The fraction of sp³-hybridized carbons (Fsp3) is 0.500. The number of likely N-dealkylation sites (tertiary alicyclic amines) is 1. The largest absolute Gasteiger partial charge is 0.352 e. The standard InChI is InChI=1S/C12H17ClN2/c13-11-5-3-10(4-6-11)12(9-14)15-7-1-2-8-15/h3-6,12H,1-2,7-9,14H2/p+2/t12-/m0/s1. The molecule has 0 bridgehead atoms. The monoisotopic (exact) mass is 226 g/mol. The van der Waals surface area contributed by atoms with Crippen LogP contribution in [0, 0.1) is 0 Å². The van der Waals surface area contributed by atoms with E-state index in [9.17, 15) is 0 Å². The van der Waals surface area contributed by atoms with Crippen LogP contribution in [0.2, 0.25) is 5.02 Å². The van der Waals surface area contributed by atoms with Gasteiger partial charge in [-0.3, -0.25) is 0 Å². The summed E-state index contributed by atoms with van der Waals surface area (Å²) >= 11 is 5.90. The van der Waals surface area contributed by atoms with Crippen molar-refractivity contribution in [1.82, 2.24) is 0 Å². The van der Waals surface area contributed by atoms with E-state index in [0.717, 1.165) is 11.6 Å². The van der Waals surface area contributed by atoms with E-state index in [4.69, 9.17) is 11.6 Å². The number of benzene rings is 1. The lowest BCUT2D eigenvalue weighted by molar-refractivity contribution is -0.926. The quantitative estimate of drug-likeness (QED) is 0.744. The molecule has 0 amide bonds. The zero-order valence-corrected chi connectivity index (χ0v) is 9.76. The molecule has 0 unspecified atom stereocenters. The van der Waals surface area contributed by atoms with E-state index < -0.39 is 0 Å². The molecule has 15 heavy (non-hydrogen) atoms. The number of rotatable bonds is 3. The van der Waals surface area contributed by atoms with Crippen LogP contribution in [0.25, 0.3) is 0 Å². The van der Waals surface area contributed by atoms with Gasteiger partial charge in [-0.05, 0) is 12.1 Å². The Morgan fingerprint density at radius 3 is 2.33 bits per heavy atom. The third-order valence-corrected chi connectivity index (χ3v) is 3.55. The maximum Gasteiger partial charge on any atom is 0.162 e. The summed E-state index contributed by atoms with van der Waals surface area (Å²) in [5.74, 6) is 0. The predicted molar refractivity (Wildman–Crippen MR) is 61.9 cm³/mol. The summed E-state index contributed by atoms with van der Waals surface area (Å²) in [6, 6.07) is 8.81. The van der Waals surface area contributed by atoms with Crippen molar-refractivity contribution in [3.63, 3.8) is 0 Å². The zero-order chi connectivity index (χ0) is 10.7. The van der Waals surface area contributed by atoms with Crippen molar-refractivity contribution in [2.45, 2.75) is 18.9 Å². The molecule has 4 N–H and O–H groups in total. The van der Waals surface area contributed by atoms with Crippen LogP contribution in [0.1, 0.15) is 24.4 Å². The minimum Gasteiger partial charge on any atom is -0.352 e. The van der Waals surface area contributed by atoms with Crippen LogP contribution in [0.5, 0.6) is 0 Å². The average Bonchev–Trinajstić information content (AvgIpc) is 2.75. The molecule has 1 aliphatic rings. The van der Waals surface area contributed by atoms with E-state index in [2.05, 4.69) is 17.9 Å². The van der Waals surface area contributed by atoms with Gasteiger partial charge in [0, 0.05) is 23.4 Å². The second-order valence-electron chi connectivity index (χ2n) is 4.26. The maximum atomic E-state index is 5.90. The van der Waals surface area contributed by atoms with Gasteiger partial charge in [0.25, 0.3) is 0 Å². The van der Waals surface area contributed by atoms with Crippen LogP contribution in [-0.2, 0) is 0 Å². The first-order valence-electron chi connectivity index (χ1n) is 5.70. The van der Waals surface area contributed by atoms with E-state index >= 15 is 0 Å². The number of hydrogen-bond acceptors (Lipinski definition) is 0. The Kier molecular flexibility index (Phi) is 3.62. The third kappa shape index (κ3) is 2.51. The summed E-state index contributed by atoms with van der Waals surface area (Å²) < 4.78 is 0. The second kappa shape index (κ2) is 4.97. The topological polar surface area (TPSA) is 32.1 Å². The normalized spacial score (nSPS) is 19.3. The lowest BCUT2D eigenvalue weighted by atomic mass is 10.1. The van der Waals surface area contributed by atoms with Crippen LogP contribution < -0.4 is 10.6 Å². The Bertz CT molecular complexity index is 304. The van der Waals surface area contributed by atoms with Gasteiger partial charge in [0.2, 0.25) is 0 Å². The first-order valence-corrected chi connectivity index (χ1v) is 6.08. The first-order chi connectivity index (χ1) is 7.31. The molecule has 1 aromatic carbocycles. The van der Waals surface area contributed by atoms with Crippen LogP contribution in [0.15, 0.2) is 24.3 Å². The van der Waals surface area contributed by atoms with Gasteiger partial charge < -0.3 is 10.6 Å². The Balaban J connectivity index is 2.14. The average molecular weight is 227 g/mol. The summed E-state index contributed by atoms with van der Waals surface area (Å²) in [4.78, 5) is 1.69. The molecule has 1 fully saturated rings. The van der Waals surface area contributed by atoms with Crippen molar-refractivity contribution in [2.75, 3.05) is 19.6 Å². The molecule has 0 saturated carbocycles. The van der Waals surface area contributed by atoms with Crippen molar-refractivity contribution >= 4 is 11.6 Å². The fourth-order valence-electron chi connectivity index (χ4n) is 2.48. The molecule has 2 rings (SSSR count). The summed E-state index contributed by atoms with van der Waals surface area (Å²) in [6.07, 6.45) is 2.72. The highest BCUT2D eigenvalue weighted by atomic mass is 35.5. The first kappa shape index (κ1) is 10.9. The van der Waals surface area contributed by atoms with Crippen molar-refractivity contribution in [3.05, 3.63) is 34.9 Å². The zero-order valence-electron chi connectivity index (χ0n) is 9.01. The van der Waals surface area contributed by atoms with Crippen molar-refractivity contribution in [1.29, 1.82) is 0 Å². The fourth-order valence-corrected chi connectivity index (χ4v) is 2.61. The number of hydrogen-bond donors (Lipinski definition) is 2. The van der Waals surface area contributed by atoms with E-state index in [1.165, 1.54) is 31.5 Å². The lowest BCUT2D eigenvalue weighted by Gasteiger charge is -2.21. The summed E-state index contributed by atoms with van der Waals surface area (Å²) in [5.41, 5.74) is 5.46. The van der Waals surface area contributed by atoms with Crippen molar-refractivity contribution < 1.29 is 10.6 Å². The van der Waals surface area contributed by atoms with Crippen LogP contribution in [0.3, 0.4) is 0 Å². The molecule has 0 spiro atoms. The molecular weight excluding hydrogens is 208 g/mol. The predicted octanol–water partition coefficient (Wildman–Crippen LogP) is 0.302. The maximum absolute atomic E-state index is 5.90. The van der Waals surface area contributed by atoms with Gasteiger partial charge in [0.15, 0.2) is 6.04 Å². The second-order valence-corrected chi connectivity index (χ2v) is 4.69. The summed E-state index contributed by atoms with van der Waals surface area (Å²) in [5, 5.41) is 0.818. The van der Waals surface area contributed by atoms with Gasteiger partial charge in [0.1, 0.15) is 6.54 Å². The third-order valence-electron chi connectivity index (χ3n) is 3.30. The van der Waals surface area contributed by atoms with E-state index in [0.29, 0.717) is 6.04 Å². The Labute approximate surface area is 96.0 Å². The highest BCUT2D eigenvalue weighted by Crippen LogP contribution is 2.14. The van der Waals surface area contributed by atoms with Crippen LogP contribution in [0.4, 0.5) is 0 Å². The molecule has 1 aliphatic heterocycles. The highest BCUT2D eigenvalue weighted by molar-refractivity contribution is 6.30. The van der Waals surface area contributed by atoms with E-state index in [1.54, 1.807) is 4.90 Å². The van der Waals surface area contributed by atoms with Gasteiger partial charge in [-0.2, -0.15) is 0 Å². The Morgan fingerprint density at radius 1 is 1.20 bits per heavy atom. The van der Waals surface area contributed by atoms with Gasteiger partial charge in [-0.1, -0.05) is 23.7 Å². The summed E-state index contributed by atoms with van der Waals surface area (Å²) in [7, 11) is 0. The molecule has 1 aromatic rings. The molecule has 1 atom stereocenters. The van der Waals surface area contributed by atoms with Crippen molar-refractivity contribution in [2.24, 2.45) is 0 Å². The Morgan fingerprint density at radius 2 is 1.80 bits per heavy atom. The van der Waals surface area contributed by atoms with Crippen LogP contribution in [-0.4, -0.2) is 19.6 Å². The highest BCUT2D eigenvalue weighted by Gasteiger charge is 2.27. The van der Waals surface area contributed by atoms with Crippen molar-refractivity contribution in [3.8, 4) is 0 Å². The summed E-state index contributed by atoms with van der Waals surface area (Å²) in [6.45, 7) is 3.56. The smallest absolute Gasteiger partial charge is 0.162 e. The number of halogens is 1. The van der Waals surface area contributed by atoms with Gasteiger partial charge in [-0.25, -0.2) is 0 Å². The molecular formula is C12H19ClN2+2. The number of quaternary nitrogens is 2. The Hall–Kier alpha value is -0.570. The SMILES string of the molecule is [NH3+]C[C@@H](c1ccc(Cl)cc1)[NH+]1CCCC1. The van der Waals surface area contributed by atoms with Crippen LogP contribution >= 0.6 is 11.6 Å². The molecule has 3 heteroatoms. The molecule has 1 heterocycles. The van der Waals surface area contributed by atoms with E-state index in [1.807, 2.05) is 12.1 Å². The molecule has 0 aromatic heterocycles. The minimum absolute atomic E-state index is 0.560. The molecule has 0 radical (unpaired) electrons. The van der Waals surface area contributed by atoms with Gasteiger partial charge in [0.05, 0.1) is 13.1 Å². The molecule has 82 valence electrons. The molecule has 1 saturated heterocycles. The molecule has 2 nitrogen and oxygen atoms in total. The lowest BCUT2D eigenvalue weighted by Crippen LogP contribution is -3.11.